The third-order valence-corrected chi connectivity index (χ3v) is 3.26. The van der Waals surface area contributed by atoms with Crippen molar-refractivity contribution in [3.05, 3.63) is 60.4 Å². The van der Waals surface area contributed by atoms with E-state index in [9.17, 15) is 4.79 Å². The average Bonchev–Trinajstić information content (AvgIpc) is 3.23. The first kappa shape index (κ1) is 14.8. The van der Waals surface area contributed by atoms with E-state index in [-0.39, 0.29) is 6.03 Å². The van der Waals surface area contributed by atoms with Crippen LogP contribution in [0.5, 0.6) is 0 Å². The van der Waals surface area contributed by atoms with Crippen LogP contribution in [-0.4, -0.2) is 30.6 Å². The van der Waals surface area contributed by atoms with Gasteiger partial charge in [0.25, 0.3) is 0 Å². The Morgan fingerprint density at radius 1 is 1.17 bits per heavy atom. The van der Waals surface area contributed by atoms with Crippen LogP contribution < -0.4 is 10.6 Å². The molecule has 0 saturated heterocycles. The average molecular weight is 311 g/mol. The summed E-state index contributed by atoms with van der Waals surface area (Å²) in [5, 5.41) is 13.3. The van der Waals surface area contributed by atoms with Gasteiger partial charge in [-0.15, -0.1) is 5.10 Å². The second-order valence-corrected chi connectivity index (χ2v) is 5.08. The molecule has 3 aromatic rings. The van der Waals surface area contributed by atoms with E-state index < -0.39 is 0 Å². The highest BCUT2D eigenvalue weighted by molar-refractivity contribution is 5.73. The van der Waals surface area contributed by atoms with E-state index in [4.69, 9.17) is 0 Å². The Labute approximate surface area is 133 Å². The van der Waals surface area contributed by atoms with Gasteiger partial charge in [-0.1, -0.05) is 17.3 Å². The first-order valence-corrected chi connectivity index (χ1v) is 7.15. The maximum Gasteiger partial charge on any atom is 0.315 e. The van der Waals surface area contributed by atoms with Crippen molar-refractivity contribution >= 4 is 6.03 Å². The molecule has 1 aromatic carbocycles. The SMILES string of the molecule is Cn1cnc(CNC(=O)NCc2ccc(-n3ccnn3)cc2)c1. The minimum absolute atomic E-state index is 0.226. The largest absolute Gasteiger partial charge is 0.340 e. The smallest absolute Gasteiger partial charge is 0.315 e. The van der Waals surface area contributed by atoms with Gasteiger partial charge in [-0.25, -0.2) is 14.5 Å². The number of hydrogen-bond donors (Lipinski definition) is 2. The van der Waals surface area contributed by atoms with Crippen molar-refractivity contribution in [1.82, 2.24) is 35.2 Å². The fourth-order valence-electron chi connectivity index (χ4n) is 2.09. The highest BCUT2D eigenvalue weighted by Crippen LogP contribution is 2.07. The van der Waals surface area contributed by atoms with Crippen LogP contribution in [0.15, 0.2) is 49.2 Å². The molecular weight excluding hydrogens is 294 g/mol. The topological polar surface area (TPSA) is 89.7 Å². The number of hydrogen-bond acceptors (Lipinski definition) is 4. The number of carbonyl (C=O) groups excluding carboxylic acids is 1. The molecular formula is C15H17N7O. The number of aryl methyl sites for hydroxylation is 1. The lowest BCUT2D eigenvalue weighted by atomic mass is 10.2. The Kier molecular flexibility index (Phi) is 4.32. The number of urea groups is 1. The van der Waals surface area contributed by atoms with Gasteiger partial charge in [-0.2, -0.15) is 0 Å². The third-order valence-electron chi connectivity index (χ3n) is 3.26. The van der Waals surface area contributed by atoms with E-state index in [0.29, 0.717) is 13.1 Å². The third kappa shape index (κ3) is 3.94. The standard InChI is InChI=1S/C15H17N7O/c1-21-10-13(18-11-21)9-17-15(23)16-8-12-2-4-14(5-3-12)22-7-6-19-20-22/h2-7,10-11H,8-9H2,1H3,(H2,16,17,23). The zero-order valence-electron chi connectivity index (χ0n) is 12.7. The quantitative estimate of drug-likeness (QED) is 0.735. The number of carbonyl (C=O) groups is 1. The minimum atomic E-state index is -0.226. The molecule has 0 radical (unpaired) electrons. The Morgan fingerprint density at radius 2 is 1.96 bits per heavy atom. The lowest BCUT2D eigenvalue weighted by Crippen LogP contribution is -2.34. The molecule has 8 nitrogen and oxygen atoms in total. The van der Waals surface area contributed by atoms with Crippen molar-refractivity contribution in [2.24, 2.45) is 7.05 Å². The molecule has 23 heavy (non-hydrogen) atoms. The molecule has 0 atom stereocenters. The Hall–Kier alpha value is -3.16. The summed E-state index contributed by atoms with van der Waals surface area (Å²) in [5.41, 5.74) is 2.74. The van der Waals surface area contributed by atoms with Crippen LogP contribution in [0.1, 0.15) is 11.3 Å². The molecule has 0 bridgehead atoms. The summed E-state index contributed by atoms with van der Waals surface area (Å²) >= 11 is 0. The zero-order chi connectivity index (χ0) is 16.1. The number of rotatable bonds is 5. The van der Waals surface area contributed by atoms with Crippen molar-refractivity contribution in [3.8, 4) is 5.69 Å². The van der Waals surface area contributed by atoms with Gasteiger partial charge in [-0.05, 0) is 17.7 Å². The molecule has 2 amide bonds. The fourth-order valence-corrected chi connectivity index (χ4v) is 2.09. The highest BCUT2D eigenvalue weighted by Gasteiger charge is 2.03. The first-order chi connectivity index (χ1) is 11.2. The van der Waals surface area contributed by atoms with E-state index in [0.717, 1.165) is 16.9 Å². The predicted octanol–water partition coefficient (Wildman–Crippen LogP) is 1.00. The summed E-state index contributed by atoms with van der Waals surface area (Å²) in [7, 11) is 1.89. The van der Waals surface area contributed by atoms with Crippen molar-refractivity contribution in [2.45, 2.75) is 13.1 Å². The number of aromatic nitrogens is 5. The molecule has 118 valence electrons. The monoisotopic (exact) mass is 311 g/mol. The molecule has 0 spiro atoms. The Bertz CT molecular complexity index is 761. The summed E-state index contributed by atoms with van der Waals surface area (Å²) in [6.45, 7) is 0.851. The van der Waals surface area contributed by atoms with Crippen LogP contribution in [0.4, 0.5) is 4.79 Å². The maximum absolute atomic E-state index is 11.8. The number of nitrogens with one attached hydrogen (secondary N) is 2. The summed E-state index contributed by atoms with van der Waals surface area (Å²) in [4.78, 5) is 15.9. The maximum atomic E-state index is 11.8. The van der Waals surface area contributed by atoms with Gasteiger partial charge in [-0.3, -0.25) is 0 Å². The number of nitrogens with zero attached hydrogens (tertiary/aromatic N) is 5. The molecule has 0 aliphatic rings. The molecule has 0 saturated carbocycles. The molecule has 0 aliphatic carbocycles. The van der Waals surface area contributed by atoms with Gasteiger partial charge in [0.05, 0.1) is 36.6 Å². The molecule has 2 N–H and O–H groups in total. The summed E-state index contributed by atoms with van der Waals surface area (Å²) < 4.78 is 3.52. The molecule has 2 heterocycles. The van der Waals surface area contributed by atoms with Crippen molar-refractivity contribution in [2.75, 3.05) is 0 Å². The van der Waals surface area contributed by atoms with Gasteiger partial charge in [0.1, 0.15) is 0 Å². The normalized spacial score (nSPS) is 10.5. The number of benzene rings is 1. The zero-order valence-corrected chi connectivity index (χ0v) is 12.7. The van der Waals surface area contributed by atoms with Crippen molar-refractivity contribution in [1.29, 1.82) is 0 Å². The summed E-state index contributed by atoms with van der Waals surface area (Å²) in [5.74, 6) is 0. The highest BCUT2D eigenvalue weighted by atomic mass is 16.2. The van der Waals surface area contributed by atoms with Gasteiger partial charge in [0, 0.05) is 19.8 Å². The lowest BCUT2D eigenvalue weighted by Gasteiger charge is -2.07. The Balaban J connectivity index is 1.47. The Morgan fingerprint density at radius 3 is 2.61 bits per heavy atom. The van der Waals surface area contributed by atoms with Gasteiger partial charge in [0.15, 0.2) is 0 Å². The van der Waals surface area contributed by atoms with Gasteiger partial charge in [0.2, 0.25) is 0 Å². The fraction of sp³-hybridized carbons (Fsp3) is 0.200. The van der Waals surface area contributed by atoms with Crippen LogP contribution in [-0.2, 0) is 20.1 Å². The van der Waals surface area contributed by atoms with Crippen LogP contribution in [0.3, 0.4) is 0 Å². The van der Waals surface area contributed by atoms with Crippen LogP contribution in [0.2, 0.25) is 0 Å². The van der Waals surface area contributed by atoms with Crippen LogP contribution >= 0.6 is 0 Å². The molecule has 0 aliphatic heterocycles. The summed E-state index contributed by atoms with van der Waals surface area (Å²) in [6, 6.07) is 7.51. The molecule has 8 heteroatoms. The predicted molar refractivity (Wildman–Crippen MR) is 83.6 cm³/mol. The molecule has 0 unspecified atom stereocenters. The molecule has 0 fully saturated rings. The first-order valence-electron chi connectivity index (χ1n) is 7.15. The van der Waals surface area contributed by atoms with E-state index in [1.165, 1.54) is 0 Å². The molecule has 3 rings (SSSR count). The van der Waals surface area contributed by atoms with E-state index in [1.54, 1.807) is 23.4 Å². The molecule has 2 aromatic heterocycles. The van der Waals surface area contributed by atoms with E-state index in [1.807, 2.05) is 42.1 Å². The minimum Gasteiger partial charge on any atom is -0.340 e. The van der Waals surface area contributed by atoms with E-state index >= 15 is 0 Å². The second kappa shape index (κ2) is 6.73. The van der Waals surface area contributed by atoms with Crippen molar-refractivity contribution < 1.29 is 4.79 Å². The second-order valence-electron chi connectivity index (χ2n) is 5.08. The van der Waals surface area contributed by atoms with Gasteiger partial charge >= 0.3 is 6.03 Å². The van der Waals surface area contributed by atoms with Crippen molar-refractivity contribution in [3.63, 3.8) is 0 Å². The number of imidazole rings is 1. The van der Waals surface area contributed by atoms with E-state index in [2.05, 4.69) is 25.9 Å². The summed E-state index contributed by atoms with van der Waals surface area (Å²) in [6.07, 6.45) is 6.97. The van der Waals surface area contributed by atoms with Gasteiger partial charge < -0.3 is 15.2 Å². The van der Waals surface area contributed by atoms with Crippen LogP contribution in [0, 0.1) is 0 Å². The lowest BCUT2D eigenvalue weighted by molar-refractivity contribution is 0.240. The van der Waals surface area contributed by atoms with Crippen LogP contribution in [0.25, 0.3) is 5.69 Å². The number of amides is 2.